The van der Waals surface area contributed by atoms with Gasteiger partial charge in [-0.2, -0.15) is 0 Å². The Kier molecular flexibility index (Phi) is 5.64. The summed E-state index contributed by atoms with van der Waals surface area (Å²) in [6.45, 7) is 3.29. The Morgan fingerprint density at radius 3 is 2.55 bits per heavy atom. The Bertz CT molecular complexity index is 1040. The lowest BCUT2D eigenvalue weighted by Crippen LogP contribution is -2.36. The lowest BCUT2D eigenvalue weighted by Gasteiger charge is -2.28. The Hall–Kier alpha value is -3.09. The number of carboxylic acid groups (broad SMARTS) is 1. The van der Waals surface area contributed by atoms with Crippen LogP contribution in [0.2, 0.25) is 5.02 Å². The maximum absolute atomic E-state index is 11.2. The second-order valence-electron chi connectivity index (χ2n) is 6.58. The maximum Gasteiger partial charge on any atom is 0.337 e. The van der Waals surface area contributed by atoms with Gasteiger partial charge in [0.25, 0.3) is 0 Å². The smallest absolute Gasteiger partial charge is 0.337 e. The highest BCUT2D eigenvalue weighted by molar-refractivity contribution is 6.33. The van der Waals surface area contributed by atoms with Crippen molar-refractivity contribution in [3.8, 4) is 11.3 Å². The van der Waals surface area contributed by atoms with Gasteiger partial charge in [0, 0.05) is 24.3 Å². The Morgan fingerprint density at radius 1 is 1.07 bits per heavy atom. The monoisotopic (exact) mass is 410 g/mol. The summed E-state index contributed by atoms with van der Waals surface area (Å²) >= 11 is 5.92. The van der Waals surface area contributed by atoms with Crippen LogP contribution in [0.25, 0.3) is 11.3 Å². The van der Waals surface area contributed by atoms with Crippen molar-refractivity contribution in [2.75, 3.05) is 31.2 Å². The predicted molar refractivity (Wildman–Crippen MR) is 113 cm³/mol. The van der Waals surface area contributed by atoms with Crippen molar-refractivity contribution in [2.45, 2.75) is 0 Å². The van der Waals surface area contributed by atoms with Crippen LogP contribution in [-0.2, 0) is 4.74 Å². The van der Waals surface area contributed by atoms with Crippen LogP contribution in [0.1, 0.15) is 16.1 Å². The standard InChI is InChI=1S/C22H19ClN2O4/c23-20-7-1-15(13-19(20)22(26)27)21-8-6-18(29-21)14-24-16-2-4-17(5-3-16)25-9-11-28-12-10-25/h1-8,13-14H,9-12H2,(H,26,27). The molecule has 0 atom stereocenters. The topological polar surface area (TPSA) is 75.3 Å². The number of carboxylic acids is 1. The van der Waals surface area contributed by atoms with E-state index in [1.54, 1.807) is 30.5 Å². The molecule has 148 valence electrons. The van der Waals surface area contributed by atoms with Gasteiger partial charge >= 0.3 is 5.97 Å². The number of aliphatic imine (C=N–C) groups is 1. The minimum atomic E-state index is -1.08. The number of benzene rings is 2. The molecule has 0 unspecified atom stereocenters. The number of rotatable bonds is 5. The molecule has 4 rings (SSSR count). The molecule has 1 fully saturated rings. The molecule has 3 aromatic rings. The number of aromatic carboxylic acids is 1. The molecule has 0 radical (unpaired) electrons. The third-order valence-corrected chi connectivity index (χ3v) is 5.00. The molecule has 29 heavy (non-hydrogen) atoms. The van der Waals surface area contributed by atoms with Gasteiger partial charge in [-0.05, 0) is 54.6 Å². The summed E-state index contributed by atoms with van der Waals surface area (Å²) < 4.78 is 11.2. The summed E-state index contributed by atoms with van der Waals surface area (Å²) in [6, 6.07) is 16.3. The van der Waals surface area contributed by atoms with Crippen molar-refractivity contribution in [2.24, 2.45) is 4.99 Å². The van der Waals surface area contributed by atoms with Crippen LogP contribution in [0.15, 0.2) is 64.0 Å². The summed E-state index contributed by atoms with van der Waals surface area (Å²) in [7, 11) is 0. The minimum Gasteiger partial charge on any atom is -0.478 e. The SMILES string of the molecule is O=C(O)c1cc(-c2ccc(C=Nc3ccc(N4CCOCC4)cc3)o2)ccc1Cl. The van der Waals surface area contributed by atoms with Gasteiger partial charge in [0.1, 0.15) is 11.5 Å². The largest absolute Gasteiger partial charge is 0.478 e. The van der Waals surface area contributed by atoms with Gasteiger partial charge < -0.3 is 19.2 Å². The molecule has 0 spiro atoms. The Labute approximate surface area is 173 Å². The highest BCUT2D eigenvalue weighted by Gasteiger charge is 2.13. The molecule has 1 aliphatic heterocycles. The summed E-state index contributed by atoms with van der Waals surface area (Å²) in [5.41, 5.74) is 2.65. The Balaban J connectivity index is 1.47. The second-order valence-corrected chi connectivity index (χ2v) is 6.98. The quantitative estimate of drug-likeness (QED) is 0.606. The van der Waals surface area contributed by atoms with Crippen LogP contribution in [0.5, 0.6) is 0 Å². The van der Waals surface area contributed by atoms with Crippen LogP contribution in [0.3, 0.4) is 0 Å². The first-order valence-corrected chi connectivity index (χ1v) is 9.58. The van der Waals surface area contributed by atoms with Crippen molar-refractivity contribution < 1.29 is 19.1 Å². The molecule has 1 aliphatic rings. The zero-order chi connectivity index (χ0) is 20.2. The van der Waals surface area contributed by atoms with Gasteiger partial charge in [0.15, 0.2) is 0 Å². The molecule has 0 saturated carbocycles. The lowest BCUT2D eigenvalue weighted by atomic mass is 10.1. The highest BCUT2D eigenvalue weighted by Crippen LogP contribution is 2.27. The van der Waals surface area contributed by atoms with E-state index in [1.165, 1.54) is 6.07 Å². The van der Waals surface area contributed by atoms with E-state index < -0.39 is 5.97 Å². The predicted octanol–water partition coefficient (Wildman–Crippen LogP) is 4.89. The molecular formula is C22H19ClN2O4. The van der Waals surface area contributed by atoms with E-state index in [9.17, 15) is 9.90 Å². The van der Waals surface area contributed by atoms with Crippen LogP contribution < -0.4 is 4.90 Å². The van der Waals surface area contributed by atoms with E-state index >= 15 is 0 Å². The van der Waals surface area contributed by atoms with Gasteiger partial charge in [0.05, 0.1) is 35.7 Å². The first-order chi connectivity index (χ1) is 14.1. The third kappa shape index (κ3) is 4.50. The number of carbonyl (C=O) groups is 1. The van der Waals surface area contributed by atoms with Crippen molar-refractivity contribution in [3.63, 3.8) is 0 Å². The van der Waals surface area contributed by atoms with E-state index in [0.29, 0.717) is 17.1 Å². The maximum atomic E-state index is 11.2. The Morgan fingerprint density at radius 2 is 1.83 bits per heavy atom. The molecule has 2 heterocycles. The zero-order valence-corrected chi connectivity index (χ0v) is 16.3. The molecule has 0 bridgehead atoms. The molecule has 1 aromatic heterocycles. The average Bonchev–Trinajstić information content (AvgIpc) is 3.22. The summed E-state index contributed by atoms with van der Waals surface area (Å²) in [6.07, 6.45) is 1.64. The first-order valence-electron chi connectivity index (χ1n) is 9.20. The van der Waals surface area contributed by atoms with Crippen molar-refractivity contribution in [3.05, 3.63) is 70.9 Å². The minimum absolute atomic E-state index is 0.0381. The van der Waals surface area contributed by atoms with Gasteiger partial charge in [-0.3, -0.25) is 4.99 Å². The van der Waals surface area contributed by atoms with E-state index in [-0.39, 0.29) is 10.6 Å². The van der Waals surface area contributed by atoms with E-state index in [0.717, 1.165) is 37.7 Å². The van der Waals surface area contributed by atoms with Gasteiger partial charge in [-0.1, -0.05) is 11.6 Å². The molecule has 1 saturated heterocycles. The fourth-order valence-electron chi connectivity index (χ4n) is 3.13. The second kappa shape index (κ2) is 8.51. The number of hydrogen-bond donors (Lipinski definition) is 1. The average molecular weight is 411 g/mol. The van der Waals surface area contributed by atoms with E-state index in [1.807, 2.05) is 24.3 Å². The molecule has 1 N–H and O–H groups in total. The normalized spacial score (nSPS) is 14.4. The van der Waals surface area contributed by atoms with E-state index in [2.05, 4.69) is 9.89 Å². The molecule has 0 amide bonds. The van der Waals surface area contributed by atoms with Crippen molar-refractivity contribution in [1.29, 1.82) is 0 Å². The fraction of sp³-hybridized carbons (Fsp3) is 0.182. The van der Waals surface area contributed by atoms with Gasteiger partial charge in [0.2, 0.25) is 0 Å². The summed E-state index contributed by atoms with van der Waals surface area (Å²) in [5.74, 6) is 0.0445. The van der Waals surface area contributed by atoms with Crippen LogP contribution in [-0.4, -0.2) is 43.6 Å². The van der Waals surface area contributed by atoms with Gasteiger partial charge in [-0.25, -0.2) is 4.79 Å². The highest BCUT2D eigenvalue weighted by atomic mass is 35.5. The number of morpholine rings is 1. The van der Waals surface area contributed by atoms with Crippen LogP contribution >= 0.6 is 11.6 Å². The molecule has 2 aromatic carbocycles. The van der Waals surface area contributed by atoms with Crippen molar-refractivity contribution >= 4 is 35.2 Å². The molecule has 6 nitrogen and oxygen atoms in total. The van der Waals surface area contributed by atoms with E-state index in [4.69, 9.17) is 20.8 Å². The third-order valence-electron chi connectivity index (χ3n) is 4.67. The number of furan rings is 1. The number of ether oxygens (including phenoxy) is 1. The number of halogens is 1. The lowest BCUT2D eigenvalue weighted by molar-refractivity contribution is 0.0697. The zero-order valence-electron chi connectivity index (χ0n) is 15.5. The first kappa shape index (κ1) is 19.2. The number of nitrogens with zero attached hydrogens (tertiary/aromatic N) is 2. The van der Waals surface area contributed by atoms with Crippen LogP contribution in [0, 0.1) is 0 Å². The van der Waals surface area contributed by atoms with Crippen LogP contribution in [0.4, 0.5) is 11.4 Å². The summed E-state index contributed by atoms with van der Waals surface area (Å²) in [5, 5.41) is 9.40. The van der Waals surface area contributed by atoms with Gasteiger partial charge in [-0.15, -0.1) is 0 Å². The molecular weight excluding hydrogens is 392 g/mol. The number of hydrogen-bond acceptors (Lipinski definition) is 5. The fourth-order valence-corrected chi connectivity index (χ4v) is 3.33. The van der Waals surface area contributed by atoms with Crippen molar-refractivity contribution in [1.82, 2.24) is 0 Å². The molecule has 7 heteroatoms. The number of anilines is 1. The molecule has 0 aliphatic carbocycles. The summed E-state index contributed by atoms with van der Waals surface area (Å²) in [4.78, 5) is 18.0.